The van der Waals surface area contributed by atoms with E-state index in [-0.39, 0.29) is 4.90 Å². The van der Waals surface area contributed by atoms with Crippen LogP contribution < -0.4 is 14.8 Å². The molecule has 1 aromatic rings. The van der Waals surface area contributed by atoms with Gasteiger partial charge >= 0.3 is 0 Å². The Hall–Kier alpha value is -1.64. The minimum Gasteiger partial charge on any atom is -0.484 e. The first-order chi connectivity index (χ1) is 10.1. The lowest BCUT2D eigenvalue weighted by Crippen LogP contribution is -2.48. The summed E-state index contributed by atoms with van der Waals surface area (Å²) in [5, 5.41) is 3.16. The Morgan fingerprint density at radius 3 is 2.62 bits per heavy atom. The summed E-state index contributed by atoms with van der Waals surface area (Å²) in [5.41, 5.74) is 2.56. The number of aromatic nitrogens is 1. The van der Waals surface area contributed by atoms with Crippen molar-refractivity contribution in [1.29, 1.82) is 0 Å². The van der Waals surface area contributed by atoms with Gasteiger partial charge in [-0.1, -0.05) is 0 Å². The molecule has 0 saturated carbocycles. The molecule has 1 N–H and O–H groups in total. The molecule has 0 aromatic carbocycles. The zero-order valence-electron chi connectivity index (χ0n) is 11.3. The quantitative estimate of drug-likeness (QED) is 0.759. The van der Waals surface area contributed by atoms with E-state index >= 15 is 0 Å². The molecular weight excluding hydrogens is 294 g/mol. The first kappa shape index (κ1) is 13.1. The van der Waals surface area contributed by atoms with Crippen LogP contribution in [0, 0.1) is 0 Å². The molecule has 0 radical (unpaired) electrons. The largest absolute Gasteiger partial charge is 0.484 e. The van der Waals surface area contributed by atoms with Crippen LogP contribution in [-0.4, -0.2) is 57.1 Å². The molecule has 1 aromatic heterocycles. The van der Waals surface area contributed by atoms with E-state index in [9.17, 15) is 8.42 Å². The third-order valence-electron chi connectivity index (χ3n) is 3.92. The van der Waals surface area contributed by atoms with Crippen molar-refractivity contribution in [3.8, 4) is 11.6 Å². The number of fused-ring (bicyclic) bond motifs is 1. The predicted octanol–water partition coefficient (Wildman–Crippen LogP) is -0.243. The van der Waals surface area contributed by atoms with Gasteiger partial charge < -0.3 is 14.8 Å². The lowest BCUT2D eigenvalue weighted by atomic mass is 9.99. The van der Waals surface area contributed by atoms with Gasteiger partial charge in [-0.3, -0.25) is 0 Å². The zero-order chi connectivity index (χ0) is 14.4. The lowest BCUT2D eigenvalue weighted by molar-refractivity contribution is 0.163. The van der Waals surface area contributed by atoms with Crippen LogP contribution in [0.25, 0.3) is 0 Å². The van der Waals surface area contributed by atoms with Crippen molar-refractivity contribution in [2.75, 3.05) is 39.4 Å². The van der Waals surface area contributed by atoms with E-state index in [4.69, 9.17) is 9.47 Å². The molecule has 0 spiro atoms. The van der Waals surface area contributed by atoms with Gasteiger partial charge in [0.2, 0.25) is 10.0 Å². The Bertz CT molecular complexity index is 715. The number of hydrogen-bond acceptors (Lipinski definition) is 6. The van der Waals surface area contributed by atoms with E-state index in [1.54, 1.807) is 0 Å². The van der Waals surface area contributed by atoms with Gasteiger partial charge in [0.25, 0.3) is 5.88 Å². The Balaban J connectivity index is 1.58. The molecule has 8 heteroatoms. The van der Waals surface area contributed by atoms with E-state index in [0.29, 0.717) is 37.9 Å². The molecule has 0 atom stereocenters. The maximum Gasteiger partial charge on any atom is 0.257 e. The van der Waals surface area contributed by atoms with Gasteiger partial charge in [-0.05, 0) is 11.1 Å². The average Bonchev–Trinajstić information content (AvgIpc) is 2.39. The molecule has 7 nitrogen and oxygen atoms in total. The minimum absolute atomic E-state index is 0.155. The van der Waals surface area contributed by atoms with Gasteiger partial charge in [0.15, 0.2) is 5.75 Å². The van der Waals surface area contributed by atoms with Crippen LogP contribution in [0.1, 0.15) is 0 Å². The van der Waals surface area contributed by atoms with Gasteiger partial charge in [0, 0.05) is 32.2 Å². The summed E-state index contributed by atoms with van der Waals surface area (Å²) in [6.07, 6.45) is 1.33. The normalized spacial score (nSPS) is 21.7. The third kappa shape index (κ3) is 2.10. The maximum absolute atomic E-state index is 12.5. The first-order valence-electron chi connectivity index (χ1n) is 6.81. The Kier molecular flexibility index (Phi) is 2.91. The monoisotopic (exact) mass is 309 g/mol. The second-order valence-electron chi connectivity index (χ2n) is 5.25. The topological polar surface area (TPSA) is 80.8 Å². The van der Waals surface area contributed by atoms with Gasteiger partial charge in [-0.15, -0.1) is 0 Å². The zero-order valence-corrected chi connectivity index (χ0v) is 12.1. The van der Waals surface area contributed by atoms with Crippen molar-refractivity contribution >= 4 is 10.0 Å². The predicted molar refractivity (Wildman–Crippen MR) is 73.9 cm³/mol. The van der Waals surface area contributed by atoms with Gasteiger partial charge in [0.1, 0.15) is 18.1 Å². The highest BCUT2D eigenvalue weighted by Gasteiger charge is 2.36. The third-order valence-corrected chi connectivity index (χ3v) is 5.68. The number of nitrogens with one attached hydrogen (secondary N) is 1. The average molecular weight is 309 g/mol. The van der Waals surface area contributed by atoms with Crippen LogP contribution in [0.15, 0.2) is 28.3 Å². The van der Waals surface area contributed by atoms with Crippen LogP contribution >= 0.6 is 0 Å². The second-order valence-corrected chi connectivity index (χ2v) is 7.19. The number of hydrogen-bond donors (Lipinski definition) is 1. The van der Waals surface area contributed by atoms with E-state index in [2.05, 4.69) is 10.3 Å². The van der Waals surface area contributed by atoms with Crippen molar-refractivity contribution in [2.24, 2.45) is 0 Å². The Labute approximate surface area is 122 Å². The van der Waals surface area contributed by atoms with Crippen LogP contribution in [0.3, 0.4) is 0 Å². The smallest absolute Gasteiger partial charge is 0.257 e. The molecule has 112 valence electrons. The van der Waals surface area contributed by atoms with E-state index in [0.717, 1.165) is 13.1 Å². The molecule has 3 aliphatic heterocycles. The highest BCUT2D eigenvalue weighted by atomic mass is 32.2. The molecule has 0 unspecified atom stereocenters. The summed E-state index contributed by atoms with van der Waals surface area (Å²) in [5.74, 6) is 0.747. The van der Waals surface area contributed by atoms with Crippen molar-refractivity contribution < 1.29 is 17.9 Å². The number of ether oxygens (including phenoxy) is 2. The second kappa shape index (κ2) is 4.69. The van der Waals surface area contributed by atoms with Crippen molar-refractivity contribution in [3.63, 3.8) is 0 Å². The van der Waals surface area contributed by atoms with Gasteiger partial charge in [-0.2, -0.15) is 4.31 Å². The minimum atomic E-state index is -3.51. The van der Waals surface area contributed by atoms with Crippen molar-refractivity contribution in [2.45, 2.75) is 4.90 Å². The number of sulfonamides is 1. The molecule has 0 aliphatic carbocycles. The SMILES string of the molecule is O=S(=O)(c1cnc2c(c1)OCCO2)N1CC(=C2CNC2)C1. The number of rotatable bonds is 2. The van der Waals surface area contributed by atoms with Crippen molar-refractivity contribution in [3.05, 3.63) is 23.4 Å². The molecule has 4 heterocycles. The highest BCUT2D eigenvalue weighted by molar-refractivity contribution is 7.89. The summed E-state index contributed by atoms with van der Waals surface area (Å²) < 4.78 is 37.2. The summed E-state index contributed by atoms with van der Waals surface area (Å²) in [6.45, 7) is 3.57. The Morgan fingerprint density at radius 1 is 1.14 bits per heavy atom. The lowest BCUT2D eigenvalue weighted by Gasteiger charge is -2.37. The van der Waals surface area contributed by atoms with Crippen LogP contribution in [0.4, 0.5) is 0 Å². The van der Waals surface area contributed by atoms with Crippen LogP contribution in [-0.2, 0) is 10.0 Å². The maximum atomic E-state index is 12.5. The summed E-state index contributed by atoms with van der Waals surface area (Å²) in [4.78, 5) is 4.19. The number of nitrogens with zero attached hydrogens (tertiary/aromatic N) is 2. The summed E-state index contributed by atoms with van der Waals surface area (Å²) >= 11 is 0. The van der Waals surface area contributed by atoms with Gasteiger partial charge in [0.05, 0.1) is 6.20 Å². The highest BCUT2D eigenvalue weighted by Crippen LogP contribution is 2.33. The molecule has 0 amide bonds. The molecular formula is C13H15N3O4S. The van der Waals surface area contributed by atoms with E-state index in [1.807, 2.05) is 0 Å². The molecule has 3 aliphatic rings. The fraction of sp³-hybridized carbons (Fsp3) is 0.462. The van der Waals surface area contributed by atoms with Gasteiger partial charge in [-0.25, -0.2) is 13.4 Å². The fourth-order valence-electron chi connectivity index (χ4n) is 2.48. The Morgan fingerprint density at radius 2 is 1.90 bits per heavy atom. The fourth-order valence-corrected chi connectivity index (χ4v) is 3.87. The summed E-state index contributed by atoms with van der Waals surface area (Å²) in [6, 6.07) is 1.49. The standard InChI is InChI=1S/C13H15N3O4S/c17-21(18,16-7-10(8-16)9-4-14-5-9)11-3-12-13(15-6-11)20-2-1-19-12/h3,6,14H,1-2,4-5,7-8H2. The molecule has 4 rings (SSSR count). The van der Waals surface area contributed by atoms with Crippen molar-refractivity contribution in [1.82, 2.24) is 14.6 Å². The van der Waals surface area contributed by atoms with E-state index in [1.165, 1.54) is 27.7 Å². The molecule has 2 saturated heterocycles. The summed E-state index contributed by atoms with van der Waals surface area (Å²) in [7, 11) is -3.51. The first-order valence-corrected chi connectivity index (χ1v) is 8.25. The molecule has 0 bridgehead atoms. The number of pyridine rings is 1. The van der Waals surface area contributed by atoms with Crippen LogP contribution in [0.2, 0.25) is 0 Å². The molecule has 2 fully saturated rings. The molecule has 21 heavy (non-hydrogen) atoms. The van der Waals surface area contributed by atoms with E-state index < -0.39 is 10.0 Å². The van der Waals surface area contributed by atoms with Crippen LogP contribution in [0.5, 0.6) is 11.6 Å².